The predicted molar refractivity (Wildman–Crippen MR) is 199 cm³/mol. The van der Waals surface area contributed by atoms with Crippen LogP contribution in [0.25, 0.3) is 0 Å². The number of nitrogens with zero attached hydrogens (tertiary/aromatic N) is 1. The zero-order valence-corrected chi connectivity index (χ0v) is 31.8. The number of aliphatic carboxylic acids is 3. The summed E-state index contributed by atoms with van der Waals surface area (Å²) in [4.78, 5) is 126. The second kappa shape index (κ2) is 22.0. The van der Waals surface area contributed by atoms with E-state index >= 15 is 0 Å². The quantitative estimate of drug-likeness (QED) is 0.0466. The first-order valence-electron chi connectivity index (χ1n) is 18.0. The van der Waals surface area contributed by atoms with E-state index in [0.29, 0.717) is 16.1 Å². The number of nitrogens with two attached hydrogens (primary N) is 1. The first-order chi connectivity index (χ1) is 27.9. The lowest BCUT2D eigenvalue weighted by atomic mass is 10.0. The first kappa shape index (κ1) is 46.3. The van der Waals surface area contributed by atoms with Crippen LogP contribution >= 0.6 is 0 Å². The smallest absolute Gasteiger partial charge is 0.408 e. The van der Waals surface area contributed by atoms with Crippen molar-refractivity contribution >= 4 is 59.4 Å². The number of carbonyl (C=O) groups excluding carboxylic acids is 7. The van der Waals surface area contributed by atoms with Crippen molar-refractivity contribution in [3.8, 4) is 0 Å². The zero-order valence-electron chi connectivity index (χ0n) is 31.8. The van der Waals surface area contributed by atoms with Gasteiger partial charge in [0.2, 0.25) is 17.7 Å². The molecule has 3 rings (SSSR count). The molecule has 2 aromatic carbocycles. The van der Waals surface area contributed by atoms with E-state index in [9.17, 15) is 63.3 Å². The molecule has 0 aromatic heterocycles. The SMILES string of the molecule is CC(C)C(NC(=O)C(CCC(=O)O)NC(=O)C(CC(=O)O)NC(=O)OCc1ccccc1)C(=O)NN(CC(=O)O)C(=O)[C@@H]1O[C@H]1C(=O)NC(Cc1ccccc1)C(N)=O. The lowest BCUT2D eigenvalue weighted by Gasteiger charge is -2.28. The minimum atomic E-state index is -1.81. The molecule has 4 unspecified atom stereocenters. The highest BCUT2D eigenvalue weighted by Crippen LogP contribution is 2.25. The summed E-state index contributed by atoms with van der Waals surface area (Å²) < 4.78 is 10.2. The van der Waals surface area contributed by atoms with E-state index in [1.54, 1.807) is 60.7 Å². The number of nitrogens with one attached hydrogen (secondary N) is 5. The number of alkyl carbamates (subject to hydrolysis) is 1. The van der Waals surface area contributed by atoms with Gasteiger partial charge in [-0.3, -0.25) is 48.6 Å². The van der Waals surface area contributed by atoms with E-state index in [1.807, 2.05) is 0 Å². The van der Waals surface area contributed by atoms with Gasteiger partial charge in [-0.25, -0.2) is 9.80 Å². The molecule has 59 heavy (non-hydrogen) atoms. The lowest BCUT2D eigenvalue weighted by Crippen LogP contribution is -2.60. The van der Waals surface area contributed by atoms with Crippen LogP contribution in [0.2, 0.25) is 0 Å². The average molecular weight is 828 g/mol. The van der Waals surface area contributed by atoms with Gasteiger partial charge in [0.1, 0.15) is 37.3 Å². The molecule has 1 heterocycles. The number of hydrazine groups is 1. The van der Waals surface area contributed by atoms with E-state index in [4.69, 9.17) is 15.2 Å². The number of carboxylic acids is 3. The van der Waals surface area contributed by atoms with E-state index in [2.05, 4.69) is 26.7 Å². The third-order valence-corrected chi connectivity index (χ3v) is 8.47. The number of hydrogen-bond donors (Lipinski definition) is 9. The monoisotopic (exact) mass is 827 g/mol. The number of epoxide rings is 1. The van der Waals surface area contributed by atoms with E-state index in [-0.39, 0.29) is 13.0 Å². The summed E-state index contributed by atoms with van der Waals surface area (Å²) in [7, 11) is 0. The number of hydrogen-bond acceptors (Lipinski definition) is 12. The summed E-state index contributed by atoms with van der Waals surface area (Å²) in [5, 5.41) is 37.5. The van der Waals surface area contributed by atoms with Crippen LogP contribution in [0.15, 0.2) is 60.7 Å². The molecule has 0 aliphatic carbocycles. The summed E-state index contributed by atoms with van der Waals surface area (Å²) in [6.07, 6.45) is -6.50. The van der Waals surface area contributed by atoms with Gasteiger partial charge >= 0.3 is 24.0 Å². The number of amides is 7. The summed E-state index contributed by atoms with van der Waals surface area (Å²) >= 11 is 0. The molecule has 1 saturated heterocycles. The Labute approximate surface area is 336 Å². The molecule has 6 atom stereocenters. The van der Waals surface area contributed by atoms with Crippen molar-refractivity contribution in [1.82, 2.24) is 31.7 Å². The van der Waals surface area contributed by atoms with Crippen LogP contribution in [0.1, 0.15) is 44.2 Å². The Morgan fingerprint density at radius 3 is 1.85 bits per heavy atom. The fraction of sp³-hybridized carbons (Fsp3) is 0.405. The molecule has 1 aliphatic rings. The number of carboxylic acid groups (broad SMARTS) is 3. The van der Waals surface area contributed by atoms with Gasteiger partial charge in [-0.2, -0.15) is 0 Å². The number of benzene rings is 2. The molecule has 0 bridgehead atoms. The maximum Gasteiger partial charge on any atom is 0.408 e. The normalized spacial score (nSPS) is 16.1. The number of ether oxygens (including phenoxy) is 2. The topological polar surface area (TPSA) is 343 Å². The average Bonchev–Trinajstić information content (AvgIpc) is 3.98. The van der Waals surface area contributed by atoms with E-state index < -0.39 is 128 Å². The Morgan fingerprint density at radius 1 is 0.712 bits per heavy atom. The maximum absolute atomic E-state index is 13.5. The highest BCUT2D eigenvalue weighted by atomic mass is 16.6. The van der Waals surface area contributed by atoms with Gasteiger partial charge in [-0.15, -0.1) is 0 Å². The molecule has 2 aromatic rings. The molecule has 10 N–H and O–H groups in total. The lowest BCUT2D eigenvalue weighted by molar-refractivity contribution is -0.151. The zero-order chi connectivity index (χ0) is 43.8. The Morgan fingerprint density at radius 2 is 1.31 bits per heavy atom. The second-order valence-corrected chi connectivity index (χ2v) is 13.5. The molecule has 0 spiro atoms. The van der Waals surface area contributed by atoms with Crippen molar-refractivity contribution in [1.29, 1.82) is 0 Å². The summed E-state index contributed by atoms with van der Waals surface area (Å²) in [6, 6.07) is 10.6. The highest BCUT2D eigenvalue weighted by molar-refractivity contribution is 5.99. The van der Waals surface area contributed by atoms with Crippen LogP contribution in [-0.2, 0) is 65.7 Å². The summed E-state index contributed by atoms with van der Waals surface area (Å²) in [5.74, 6) is -11.8. The highest BCUT2D eigenvalue weighted by Gasteiger charge is 2.53. The van der Waals surface area contributed by atoms with Crippen LogP contribution in [0.4, 0.5) is 4.79 Å². The molecule has 22 heteroatoms. The standard InChI is InChI=1S/C37H45N7O15/c1-19(2)28(34(54)43-44(17-27(49)50)36(56)30-29(59-30)35(55)40-23(31(38)51)15-20-9-5-3-6-10-20)42-32(52)22(13-14-25(45)46)39-33(53)24(16-26(47)48)41-37(57)58-18-21-11-7-4-8-12-21/h3-12,19,22-24,28-30H,13-18H2,1-2H3,(H2,38,51)(H,39,53)(H,40,55)(H,41,57)(H,42,52)(H,43,54)(H,45,46)(H,47,48)(H,49,50)/t22?,23?,24?,28?,29-,30-/m1/s1. The molecule has 22 nitrogen and oxygen atoms in total. The van der Waals surface area contributed by atoms with Crippen LogP contribution in [0.5, 0.6) is 0 Å². The van der Waals surface area contributed by atoms with Gasteiger partial charge in [0, 0.05) is 12.8 Å². The van der Waals surface area contributed by atoms with Crippen molar-refractivity contribution in [2.24, 2.45) is 11.7 Å². The molecule has 1 fully saturated rings. The molecule has 1 aliphatic heterocycles. The largest absolute Gasteiger partial charge is 0.481 e. The van der Waals surface area contributed by atoms with Gasteiger partial charge in [-0.05, 0) is 23.5 Å². The minimum absolute atomic E-state index is 0.0151. The van der Waals surface area contributed by atoms with Crippen molar-refractivity contribution in [3.05, 3.63) is 71.8 Å². The van der Waals surface area contributed by atoms with Crippen molar-refractivity contribution in [2.75, 3.05) is 6.54 Å². The van der Waals surface area contributed by atoms with Crippen LogP contribution in [0.3, 0.4) is 0 Å². The minimum Gasteiger partial charge on any atom is -0.481 e. The van der Waals surface area contributed by atoms with Gasteiger partial charge in [-0.1, -0.05) is 74.5 Å². The predicted octanol–water partition coefficient (Wildman–Crippen LogP) is -1.83. The Kier molecular flexibility index (Phi) is 17.3. The number of carbonyl (C=O) groups is 10. The van der Waals surface area contributed by atoms with Gasteiger partial charge in [0.05, 0.1) is 6.42 Å². The Hall–Kier alpha value is -7.10. The third-order valence-electron chi connectivity index (χ3n) is 8.47. The van der Waals surface area contributed by atoms with Crippen LogP contribution in [-0.4, -0.2) is 123 Å². The number of primary amides is 1. The summed E-state index contributed by atoms with van der Waals surface area (Å²) in [5.41, 5.74) is 8.76. The fourth-order valence-electron chi connectivity index (χ4n) is 5.38. The summed E-state index contributed by atoms with van der Waals surface area (Å²) in [6.45, 7) is 1.52. The van der Waals surface area contributed by atoms with Crippen LogP contribution in [0, 0.1) is 5.92 Å². The first-order valence-corrected chi connectivity index (χ1v) is 18.0. The third kappa shape index (κ3) is 15.4. The fourth-order valence-corrected chi connectivity index (χ4v) is 5.38. The molecule has 7 amide bonds. The molecular weight excluding hydrogens is 782 g/mol. The molecular formula is C37H45N7O15. The Bertz CT molecular complexity index is 1880. The van der Waals surface area contributed by atoms with Gasteiger partial charge in [0.15, 0.2) is 12.2 Å². The molecule has 0 radical (unpaired) electrons. The van der Waals surface area contributed by atoms with Gasteiger partial charge < -0.3 is 51.8 Å². The van der Waals surface area contributed by atoms with E-state index in [0.717, 1.165) is 0 Å². The van der Waals surface area contributed by atoms with Crippen molar-refractivity contribution < 1.29 is 72.7 Å². The number of rotatable bonds is 22. The second-order valence-electron chi connectivity index (χ2n) is 13.5. The Balaban J connectivity index is 1.70. The van der Waals surface area contributed by atoms with Crippen molar-refractivity contribution in [3.63, 3.8) is 0 Å². The molecule has 318 valence electrons. The van der Waals surface area contributed by atoms with Crippen molar-refractivity contribution in [2.45, 2.75) is 82.5 Å². The molecule has 0 saturated carbocycles. The van der Waals surface area contributed by atoms with E-state index in [1.165, 1.54) is 13.8 Å². The maximum atomic E-state index is 13.5. The van der Waals surface area contributed by atoms with Crippen LogP contribution < -0.4 is 32.4 Å². The van der Waals surface area contributed by atoms with Gasteiger partial charge in [0.25, 0.3) is 17.7 Å².